The normalized spacial score (nSPS) is 16.2. The molecule has 1 aliphatic rings. The van der Waals surface area contributed by atoms with Crippen molar-refractivity contribution in [2.24, 2.45) is 0 Å². The molecule has 1 fully saturated rings. The molecule has 9 heteroatoms. The molecular weight excluding hydrogens is 408 g/mol. The summed E-state index contributed by atoms with van der Waals surface area (Å²) in [5, 5.41) is 8.72. The first kappa shape index (κ1) is 21.7. The van der Waals surface area contributed by atoms with E-state index >= 15 is 0 Å². The summed E-state index contributed by atoms with van der Waals surface area (Å²) in [5.41, 5.74) is 1.32. The van der Waals surface area contributed by atoms with Crippen LogP contribution in [0.3, 0.4) is 0 Å². The third-order valence-electron chi connectivity index (χ3n) is 5.67. The third kappa shape index (κ3) is 4.28. The van der Waals surface area contributed by atoms with Crippen molar-refractivity contribution in [3.8, 4) is 5.88 Å². The Hall–Kier alpha value is -3.49. The van der Waals surface area contributed by atoms with Gasteiger partial charge in [-0.25, -0.2) is 4.98 Å². The number of ether oxygens (including phenoxy) is 1. The molecule has 4 rings (SSSR count). The standard InChI is InChI=1S/C23H28N6O3/c1-5-28-14-18(21(30)17-9-8-15(2)24-22(17)28)23(31)29-12-6-7-16(13-29)32-20-11-10-19(25-26-20)27(3)4/h8-11,14,16H,5-7,12-13H2,1-4H3. The molecule has 0 aliphatic carbocycles. The van der Waals surface area contributed by atoms with Crippen molar-refractivity contribution in [1.29, 1.82) is 0 Å². The number of hydrogen-bond acceptors (Lipinski definition) is 7. The van der Waals surface area contributed by atoms with Crippen LogP contribution in [0.5, 0.6) is 5.88 Å². The summed E-state index contributed by atoms with van der Waals surface area (Å²) in [6, 6.07) is 7.17. The highest BCUT2D eigenvalue weighted by Crippen LogP contribution is 2.20. The number of carbonyl (C=O) groups is 1. The van der Waals surface area contributed by atoms with Gasteiger partial charge >= 0.3 is 0 Å². The van der Waals surface area contributed by atoms with Crippen LogP contribution in [-0.2, 0) is 6.54 Å². The second kappa shape index (κ2) is 8.94. The molecule has 1 aliphatic heterocycles. The van der Waals surface area contributed by atoms with Gasteiger partial charge in [-0.3, -0.25) is 9.59 Å². The smallest absolute Gasteiger partial charge is 0.259 e. The minimum atomic E-state index is -0.282. The largest absolute Gasteiger partial charge is 0.471 e. The summed E-state index contributed by atoms with van der Waals surface area (Å²) in [6.45, 7) is 5.44. The predicted molar refractivity (Wildman–Crippen MR) is 122 cm³/mol. The van der Waals surface area contributed by atoms with E-state index in [1.807, 2.05) is 43.5 Å². The van der Waals surface area contributed by atoms with Crippen LogP contribution in [0.25, 0.3) is 11.0 Å². The van der Waals surface area contributed by atoms with Gasteiger partial charge in [-0.2, -0.15) is 0 Å². The molecule has 0 radical (unpaired) electrons. The average Bonchev–Trinajstić information content (AvgIpc) is 2.79. The highest BCUT2D eigenvalue weighted by Gasteiger charge is 2.28. The minimum Gasteiger partial charge on any atom is -0.471 e. The van der Waals surface area contributed by atoms with E-state index in [0.29, 0.717) is 36.5 Å². The van der Waals surface area contributed by atoms with Crippen molar-refractivity contribution in [3.05, 3.63) is 51.9 Å². The molecule has 0 saturated carbocycles. The number of pyridine rings is 2. The van der Waals surface area contributed by atoms with Crippen LogP contribution >= 0.6 is 0 Å². The Morgan fingerprint density at radius 1 is 1.22 bits per heavy atom. The number of likely N-dealkylation sites (tertiary alicyclic amines) is 1. The van der Waals surface area contributed by atoms with Crippen LogP contribution in [0.2, 0.25) is 0 Å². The van der Waals surface area contributed by atoms with Gasteiger partial charge in [-0.05, 0) is 44.9 Å². The highest BCUT2D eigenvalue weighted by atomic mass is 16.5. The van der Waals surface area contributed by atoms with Crippen LogP contribution in [-0.4, -0.2) is 63.8 Å². The summed E-state index contributed by atoms with van der Waals surface area (Å²) in [5.74, 6) is 0.892. The van der Waals surface area contributed by atoms with E-state index in [0.717, 1.165) is 24.4 Å². The topological polar surface area (TPSA) is 93.5 Å². The number of hydrogen-bond donors (Lipinski definition) is 0. The number of amides is 1. The van der Waals surface area contributed by atoms with Crippen molar-refractivity contribution in [2.75, 3.05) is 32.1 Å². The van der Waals surface area contributed by atoms with Crippen LogP contribution < -0.4 is 15.1 Å². The van der Waals surface area contributed by atoms with E-state index in [2.05, 4.69) is 15.2 Å². The molecule has 1 saturated heterocycles. The number of aromatic nitrogens is 4. The zero-order valence-electron chi connectivity index (χ0n) is 18.9. The number of aryl methyl sites for hydroxylation is 2. The van der Waals surface area contributed by atoms with E-state index in [1.165, 1.54) is 0 Å². The molecule has 0 aromatic carbocycles. The first-order chi connectivity index (χ1) is 15.4. The predicted octanol–water partition coefficient (Wildman–Crippen LogP) is 2.26. The van der Waals surface area contributed by atoms with Crippen molar-refractivity contribution >= 4 is 22.8 Å². The lowest BCUT2D eigenvalue weighted by molar-refractivity contribution is 0.0524. The maximum Gasteiger partial charge on any atom is 0.259 e. The highest BCUT2D eigenvalue weighted by molar-refractivity contribution is 5.97. The van der Waals surface area contributed by atoms with E-state index in [4.69, 9.17) is 4.74 Å². The Kier molecular flexibility index (Phi) is 6.07. The lowest BCUT2D eigenvalue weighted by Gasteiger charge is -2.32. The number of anilines is 1. The van der Waals surface area contributed by atoms with Crippen molar-refractivity contribution in [2.45, 2.75) is 39.3 Å². The van der Waals surface area contributed by atoms with Gasteiger partial charge in [0.05, 0.1) is 11.9 Å². The Bertz CT molecular complexity index is 1190. The molecule has 3 aromatic heterocycles. The van der Waals surface area contributed by atoms with Gasteiger partial charge in [0.1, 0.15) is 17.3 Å². The van der Waals surface area contributed by atoms with E-state index in [1.54, 1.807) is 29.3 Å². The van der Waals surface area contributed by atoms with Crippen molar-refractivity contribution in [1.82, 2.24) is 24.6 Å². The first-order valence-corrected chi connectivity index (χ1v) is 10.8. The monoisotopic (exact) mass is 436 g/mol. The molecular formula is C23H28N6O3. The molecule has 32 heavy (non-hydrogen) atoms. The molecule has 3 aromatic rings. The molecule has 4 heterocycles. The van der Waals surface area contributed by atoms with Gasteiger partial charge < -0.3 is 19.1 Å². The Morgan fingerprint density at radius 2 is 2.03 bits per heavy atom. The Balaban J connectivity index is 1.55. The average molecular weight is 437 g/mol. The van der Waals surface area contributed by atoms with Crippen LogP contribution in [0.1, 0.15) is 35.8 Å². The van der Waals surface area contributed by atoms with Gasteiger partial charge in [-0.15, -0.1) is 10.2 Å². The lowest BCUT2D eigenvalue weighted by Crippen LogP contribution is -2.45. The Morgan fingerprint density at radius 3 is 2.72 bits per heavy atom. The van der Waals surface area contributed by atoms with Gasteiger partial charge in [0.15, 0.2) is 5.82 Å². The molecule has 1 atom stereocenters. The molecule has 0 bridgehead atoms. The van der Waals surface area contributed by atoms with E-state index in [9.17, 15) is 9.59 Å². The first-order valence-electron chi connectivity index (χ1n) is 10.8. The minimum absolute atomic E-state index is 0.167. The van der Waals surface area contributed by atoms with Crippen molar-refractivity contribution in [3.63, 3.8) is 0 Å². The SMILES string of the molecule is CCn1cc(C(=O)N2CCCC(Oc3ccc(N(C)C)nn3)C2)c(=O)c2ccc(C)nc21. The molecule has 0 spiro atoms. The van der Waals surface area contributed by atoms with Gasteiger partial charge in [-0.1, -0.05) is 0 Å². The number of nitrogens with zero attached hydrogens (tertiary/aromatic N) is 6. The van der Waals surface area contributed by atoms with Crippen LogP contribution in [0.15, 0.2) is 35.3 Å². The Labute approximate surface area is 186 Å². The zero-order valence-corrected chi connectivity index (χ0v) is 18.9. The quantitative estimate of drug-likeness (QED) is 0.606. The zero-order chi connectivity index (χ0) is 22.8. The van der Waals surface area contributed by atoms with Crippen LogP contribution in [0, 0.1) is 6.92 Å². The maximum absolute atomic E-state index is 13.3. The summed E-state index contributed by atoms with van der Waals surface area (Å²) >= 11 is 0. The molecule has 0 N–H and O–H groups in total. The number of carbonyl (C=O) groups excluding carboxylic acids is 1. The molecule has 1 unspecified atom stereocenters. The number of fused-ring (bicyclic) bond motifs is 1. The van der Waals surface area contributed by atoms with Crippen LogP contribution in [0.4, 0.5) is 5.82 Å². The van der Waals surface area contributed by atoms with Gasteiger partial charge in [0.2, 0.25) is 11.3 Å². The fraction of sp³-hybridized carbons (Fsp3) is 0.435. The summed E-state index contributed by atoms with van der Waals surface area (Å²) < 4.78 is 7.84. The fourth-order valence-corrected chi connectivity index (χ4v) is 3.93. The molecule has 9 nitrogen and oxygen atoms in total. The molecule has 168 valence electrons. The fourth-order valence-electron chi connectivity index (χ4n) is 3.93. The second-order valence-electron chi connectivity index (χ2n) is 8.24. The third-order valence-corrected chi connectivity index (χ3v) is 5.67. The number of piperidine rings is 1. The van der Waals surface area contributed by atoms with E-state index < -0.39 is 0 Å². The summed E-state index contributed by atoms with van der Waals surface area (Å²) in [4.78, 5) is 34.5. The van der Waals surface area contributed by atoms with E-state index in [-0.39, 0.29) is 23.0 Å². The maximum atomic E-state index is 13.3. The van der Waals surface area contributed by atoms with Gasteiger partial charge in [0.25, 0.3) is 5.91 Å². The van der Waals surface area contributed by atoms with Gasteiger partial charge in [0, 0.05) is 45.1 Å². The molecule has 1 amide bonds. The summed E-state index contributed by atoms with van der Waals surface area (Å²) in [7, 11) is 3.79. The summed E-state index contributed by atoms with van der Waals surface area (Å²) in [6.07, 6.45) is 3.03. The lowest BCUT2D eigenvalue weighted by atomic mass is 10.1. The van der Waals surface area contributed by atoms with Crippen molar-refractivity contribution < 1.29 is 9.53 Å². The second-order valence-corrected chi connectivity index (χ2v) is 8.24. The number of rotatable bonds is 5.